The van der Waals surface area contributed by atoms with Crippen LogP contribution in [0.2, 0.25) is 0 Å². The Bertz CT molecular complexity index is 577. The van der Waals surface area contributed by atoms with Crippen molar-refractivity contribution in [3.63, 3.8) is 0 Å². The Morgan fingerprint density at radius 3 is 2.95 bits per heavy atom. The van der Waals surface area contributed by atoms with E-state index in [-0.39, 0.29) is 0 Å². The molecule has 19 heavy (non-hydrogen) atoms. The number of nitrogens with one attached hydrogen (secondary N) is 1. The van der Waals surface area contributed by atoms with Gasteiger partial charge in [0.05, 0.1) is 6.61 Å². The van der Waals surface area contributed by atoms with E-state index in [1.54, 1.807) is 0 Å². The maximum Gasteiger partial charge on any atom is 0.122 e. The molecule has 0 aromatic heterocycles. The predicted octanol–water partition coefficient (Wildman–Crippen LogP) is 3.80. The smallest absolute Gasteiger partial charge is 0.122 e. The highest BCUT2D eigenvalue weighted by atomic mass is 16.5. The van der Waals surface area contributed by atoms with E-state index in [9.17, 15) is 0 Å². The molecule has 0 radical (unpaired) electrons. The lowest BCUT2D eigenvalue weighted by Crippen LogP contribution is -2.00. The summed E-state index contributed by atoms with van der Waals surface area (Å²) in [5, 5.41) is 3.49. The first-order valence-corrected chi connectivity index (χ1v) is 6.92. The highest BCUT2D eigenvalue weighted by Gasteiger charge is 2.11. The van der Waals surface area contributed by atoms with Crippen molar-refractivity contribution in [2.24, 2.45) is 0 Å². The Hall–Kier alpha value is -1.96. The first-order valence-electron chi connectivity index (χ1n) is 6.92. The third kappa shape index (κ3) is 2.73. The number of aryl methyl sites for hydroxylation is 1. The number of rotatable bonds is 4. The average molecular weight is 253 g/mol. The molecule has 2 aromatic carbocycles. The van der Waals surface area contributed by atoms with Crippen LogP contribution in [0.15, 0.2) is 42.5 Å². The summed E-state index contributed by atoms with van der Waals surface area (Å²) in [4.78, 5) is 0. The summed E-state index contributed by atoms with van der Waals surface area (Å²) in [5.74, 6) is 1.05. The van der Waals surface area contributed by atoms with Crippen LogP contribution in [-0.2, 0) is 19.4 Å². The molecule has 1 aliphatic rings. The zero-order chi connectivity index (χ0) is 13.1. The molecule has 0 saturated heterocycles. The summed E-state index contributed by atoms with van der Waals surface area (Å²) >= 11 is 0. The molecule has 0 aliphatic carbocycles. The van der Waals surface area contributed by atoms with Crippen LogP contribution in [0.3, 0.4) is 0 Å². The number of hydrogen-bond acceptors (Lipinski definition) is 2. The molecule has 0 unspecified atom stereocenters. The Balaban J connectivity index is 1.68. The van der Waals surface area contributed by atoms with E-state index in [1.165, 1.54) is 22.4 Å². The van der Waals surface area contributed by atoms with Crippen molar-refractivity contribution in [3.05, 3.63) is 59.2 Å². The fourth-order valence-electron chi connectivity index (χ4n) is 2.46. The van der Waals surface area contributed by atoms with Gasteiger partial charge in [0, 0.05) is 18.7 Å². The molecule has 2 aromatic rings. The van der Waals surface area contributed by atoms with Crippen LogP contribution in [0.1, 0.15) is 23.6 Å². The van der Waals surface area contributed by atoms with Crippen LogP contribution in [0.5, 0.6) is 5.75 Å². The van der Waals surface area contributed by atoms with Gasteiger partial charge in [0.2, 0.25) is 0 Å². The van der Waals surface area contributed by atoms with E-state index >= 15 is 0 Å². The molecule has 1 N–H and O–H groups in total. The second-order valence-corrected chi connectivity index (χ2v) is 4.95. The molecular weight excluding hydrogens is 234 g/mol. The van der Waals surface area contributed by atoms with Crippen molar-refractivity contribution in [2.75, 3.05) is 11.9 Å². The van der Waals surface area contributed by atoms with Gasteiger partial charge in [-0.2, -0.15) is 0 Å². The second-order valence-electron chi connectivity index (χ2n) is 4.95. The molecule has 0 saturated carbocycles. The average Bonchev–Trinajstić information content (AvgIpc) is 2.93. The SMILES string of the molecule is CCc1cccc(NCc2ccc3c(c2)CCO3)c1. The summed E-state index contributed by atoms with van der Waals surface area (Å²) in [6, 6.07) is 15.1. The fourth-order valence-corrected chi connectivity index (χ4v) is 2.46. The van der Waals surface area contributed by atoms with E-state index in [0.29, 0.717) is 0 Å². The Kier molecular flexibility index (Phi) is 3.41. The largest absolute Gasteiger partial charge is 0.493 e. The van der Waals surface area contributed by atoms with Gasteiger partial charge in [-0.15, -0.1) is 0 Å². The summed E-state index contributed by atoms with van der Waals surface area (Å²) in [6.07, 6.45) is 2.11. The van der Waals surface area contributed by atoms with Gasteiger partial charge in [0.25, 0.3) is 0 Å². The molecular formula is C17H19NO. The normalized spacial score (nSPS) is 12.9. The molecule has 0 fully saturated rings. The molecule has 2 heteroatoms. The Labute approximate surface area is 114 Å². The van der Waals surface area contributed by atoms with Crippen molar-refractivity contribution in [1.82, 2.24) is 0 Å². The number of hydrogen-bond donors (Lipinski definition) is 1. The maximum absolute atomic E-state index is 5.53. The predicted molar refractivity (Wildman–Crippen MR) is 78.8 cm³/mol. The van der Waals surface area contributed by atoms with E-state index in [1.807, 2.05) is 0 Å². The number of anilines is 1. The van der Waals surface area contributed by atoms with Gasteiger partial charge in [0.1, 0.15) is 5.75 Å². The van der Waals surface area contributed by atoms with E-state index in [0.717, 1.165) is 31.7 Å². The summed E-state index contributed by atoms with van der Waals surface area (Å²) < 4.78 is 5.53. The molecule has 1 heterocycles. The second kappa shape index (κ2) is 5.35. The minimum Gasteiger partial charge on any atom is -0.493 e. The fraction of sp³-hybridized carbons (Fsp3) is 0.294. The summed E-state index contributed by atoms with van der Waals surface area (Å²) in [7, 11) is 0. The molecule has 0 atom stereocenters. The van der Waals surface area contributed by atoms with Crippen molar-refractivity contribution >= 4 is 5.69 Å². The topological polar surface area (TPSA) is 21.3 Å². The molecule has 3 rings (SSSR count). The van der Waals surface area contributed by atoms with Gasteiger partial charge in [-0.1, -0.05) is 31.2 Å². The summed E-state index contributed by atoms with van der Waals surface area (Å²) in [6.45, 7) is 3.87. The van der Waals surface area contributed by atoms with Crippen LogP contribution < -0.4 is 10.1 Å². The minimum absolute atomic E-state index is 0.824. The lowest BCUT2D eigenvalue weighted by atomic mass is 10.1. The van der Waals surface area contributed by atoms with Crippen molar-refractivity contribution in [3.8, 4) is 5.75 Å². The molecule has 2 nitrogen and oxygen atoms in total. The molecule has 98 valence electrons. The zero-order valence-corrected chi connectivity index (χ0v) is 11.3. The number of ether oxygens (including phenoxy) is 1. The van der Waals surface area contributed by atoms with E-state index < -0.39 is 0 Å². The van der Waals surface area contributed by atoms with Crippen molar-refractivity contribution < 1.29 is 4.74 Å². The lowest BCUT2D eigenvalue weighted by Gasteiger charge is -2.09. The van der Waals surface area contributed by atoms with Crippen LogP contribution in [0, 0.1) is 0 Å². The quantitative estimate of drug-likeness (QED) is 0.895. The standard InChI is InChI=1S/C17H19NO/c1-2-13-4-3-5-16(11-13)18-12-14-6-7-17-15(10-14)8-9-19-17/h3-7,10-11,18H,2,8-9,12H2,1H3. The van der Waals surface area contributed by atoms with Crippen LogP contribution in [0.25, 0.3) is 0 Å². The highest BCUT2D eigenvalue weighted by molar-refractivity contribution is 5.47. The lowest BCUT2D eigenvalue weighted by molar-refractivity contribution is 0.357. The van der Waals surface area contributed by atoms with Gasteiger partial charge in [0.15, 0.2) is 0 Å². The number of fused-ring (bicyclic) bond motifs is 1. The molecule has 1 aliphatic heterocycles. The van der Waals surface area contributed by atoms with Gasteiger partial charge >= 0.3 is 0 Å². The van der Waals surface area contributed by atoms with Crippen molar-refractivity contribution in [1.29, 1.82) is 0 Å². The highest BCUT2D eigenvalue weighted by Crippen LogP contribution is 2.26. The van der Waals surface area contributed by atoms with Gasteiger partial charge < -0.3 is 10.1 Å². The van der Waals surface area contributed by atoms with Gasteiger partial charge in [-0.3, -0.25) is 0 Å². The third-order valence-corrected chi connectivity index (χ3v) is 3.59. The van der Waals surface area contributed by atoms with E-state index in [2.05, 4.69) is 54.7 Å². The molecule has 0 bridgehead atoms. The van der Waals surface area contributed by atoms with Crippen molar-refractivity contribution in [2.45, 2.75) is 26.3 Å². The third-order valence-electron chi connectivity index (χ3n) is 3.59. The maximum atomic E-state index is 5.53. The van der Waals surface area contributed by atoms with Crippen LogP contribution in [-0.4, -0.2) is 6.61 Å². The minimum atomic E-state index is 0.824. The Morgan fingerprint density at radius 2 is 2.05 bits per heavy atom. The first-order chi connectivity index (χ1) is 9.35. The monoisotopic (exact) mass is 253 g/mol. The first kappa shape index (κ1) is 12.1. The molecule has 0 amide bonds. The summed E-state index contributed by atoms with van der Waals surface area (Å²) in [5.41, 5.74) is 5.20. The van der Waals surface area contributed by atoms with Gasteiger partial charge in [-0.05, 0) is 41.3 Å². The van der Waals surface area contributed by atoms with Crippen LogP contribution >= 0.6 is 0 Å². The Morgan fingerprint density at radius 1 is 1.11 bits per heavy atom. The van der Waals surface area contributed by atoms with Crippen LogP contribution in [0.4, 0.5) is 5.69 Å². The van der Waals surface area contributed by atoms with E-state index in [4.69, 9.17) is 4.74 Å². The zero-order valence-electron chi connectivity index (χ0n) is 11.3. The van der Waals surface area contributed by atoms with Gasteiger partial charge in [-0.25, -0.2) is 0 Å². The number of benzene rings is 2. The molecule has 0 spiro atoms.